The fourth-order valence-electron chi connectivity index (χ4n) is 7.41. The third-order valence-corrected chi connectivity index (χ3v) is 9.12. The Kier molecular flexibility index (Phi) is 8.90. The topological polar surface area (TPSA) is 90.4 Å². The van der Waals surface area contributed by atoms with Gasteiger partial charge in [0.15, 0.2) is 0 Å². The van der Waals surface area contributed by atoms with Crippen LogP contribution in [0.15, 0.2) is 55.6 Å². The number of aliphatic hydroxyl groups excluding tert-OH is 1. The molecule has 8 nitrogen and oxygen atoms in total. The fraction of sp³-hybridized carbons (Fsp3) is 0.594. The number of benzene rings is 1. The van der Waals surface area contributed by atoms with E-state index >= 15 is 0 Å². The van der Waals surface area contributed by atoms with Crippen molar-refractivity contribution in [2.24, 2.45) is 17.8 Å². The molecule has 0 radical (unpaired) electrons. The standard InChI is InChI=1S/C32H45N3O5/c1-7-17-33(6)28(37)25-26-29(38)35(24(21-36)19-22(4)5)27(32(26)16-15-31(25,9-3)40-32)30(39)34(18-8-2)20-23-13-11-10-12-14-23/h7-8,10-14,22,24-27,36H,1-2,9,15-21H2,3-6H3/t24-,25+,26+,27?,31-,32?/m1/s1. The maximum absolute atomic E-state index is 14.6. The molecule has 0 saturated carbocycles. The fourth-order valence-corrected chi connectivity index (χ4v) is 7.41. The molecule has 4 rings (SSSR count). The molecular formula is C32H45N3O5. The predicted molar refractivity (Wildman–Crippen MR) is 154 cm³/mol. The monoisotopic (exact) mass is 551 g/mol. The Hall–Kier alpha value is -2.97. The van der Waals surface area contributed by atoms with Crippen LogP contribution in [0, 0.1) is 17.8 Å². The van der Waals surface area contributed by atoms with Crippen LogP contribution in [-0.4, -0.2) is 87.6 Å². The summed E-state index contributed by atoms with van der Waals surface area (Å²) in [5.74, 6) is -1.98. The highest BCUT2D eigenvalue weighted by Crippen LogP contribution is 2.65. The first-order valence-electron chi connectivity index (χ1n) is 14.5. The van der Waals surface area contributed by atoms with Crippen molar-refractivity contribution in [2.45, 2.75) is 76.3 Å². The van der Waals surface area contributed by atoms with Crippen LogP contribution in [0.25, 0.3) is 0 Å². The lowest BCUT2D eigenvalue weighted by molar-refractivity contribution is -0.158. The van der Waals surface area contributed by atoms with Crippen molar-refractivity contribution >= 4 is 17.7 Å². The molecule has 2 unspecified atom stereocenters. The van der Waals surface area contributed by atoms with E-state index in [0.29, 0.717) is 45.3 Å². The van der Waals surface area contributed by atoms with E-state index in [0.717, 1.165) is 5.56 Å². The van der Waals surface area contributed by atoms with Crippen molar-refractivity contribution in [1.82, 2.24) is 14.7 Å². The number of hydrogen-bond acceptors (Lipinski definition) is 5. The molecule has 3 fully saturated rings. The molecule has 1 aromatic rings. The van der Waals surface area contributed by atoms with Crippen LogP contribution in [0.1, 0.15) is 52.0 Å². The number of likely N-dealkylation sites (tertiary alicyclic amines) is 1. The van der Waals surface area contributed by atoms with Crippen LogP contribution in [0.5, 0.6) is 0 Å². The summed E-state index contributed by atoms with van der Waals surface area (Å²) < 4.78 is 6.90. The predicted octanol–water partition coefficient (Wildman–Crippen LogP) is 3.41. The summed E-state index contributed by atoms with van der Waals surface area (Å²) in [6.07, 6.45) is 5.54. The molecule has 0 aliphatic carbocycles. The van der Waals surface area contributed by atoms with Crippen molar-refractivity contribution in [3.63, 3.8) is 0 Å². The lowest BCUT2D eigenvalue weighted by Crippen LogP contribution is -2.59. The van der Waals surface area contributed by atoms with Crippen LogP contribution in [0.2, 0.25) is 0 Å². The molecular weight excluding hydrogens is 506 g/mol. The van der Waals surface area contributed by atoms with Gasteiger partial charge in [-0.2, -0.15) is 0 Å². The van der Waals surface area contributed by atoms with Crippen molar-refractivity contribution in [3.05, 3.63) is 61.2 Å². The summed E-state index contributed by atoms with van der Waals surface area (Å²) >= 11 is 0. The van der Waals surface area contributed by atoms with E-state index in [9.17, 15) is 19.5 Å². The molecule has 8 heteroatoms. The summed E-state index contributed by atoms with van der Waals surface area (Å²) in [5.41, 5.74) is -0.989. The number of amides is 3. The Morgan fingerprint density at radius 2 is 1.82 bits per heavy atom. The molecule has 1 N–H and O–H groups in total. The molecule has 218 valence electrons. The van der Waals surface area contributed by atoms with E-state index < -0.39 is 35.1 Å². The number of ether oxygens (including phenoxy) is 1. The lowest BCUT2D eigenvalue weighted by Gasteiger charge is -2.40. The first kappa shape index (κ1) is 30.0. The van der Waals surface area contributed by atoms with Gasteiger partial charge in [0.05, 0.1) is 30.1 Å². The van der Waals surface area contributed by atoms with Crippen LogP contribution < -0.4 is 0 Å². The van der Waals surface area contributed by atoms with E-state index in [4.69, 9.17) is 4.74 Å². The normalized spacial score (nSPS) is 29.4. The Bertz CT molecular complexity index is 1120. The van der Waals surface area contributed by atoms with Gasteiger partial charge < -0.3 is 24.5 Å². The zero-order valence-corrected chi connectivity index (χ0v) is 24.4. The Balaban J connectivity index is 1.83. The highest BCUT2D eigenvalue weighted by atomic mass is 16.5. The molecule has 1 aromatic carbocycles. The minimum atomic E-state index is -1.14. The van der Waals surface area contributed by atoms with E-state index in [1.807, 2.05) is 51.1 Å². The number of rotatable bonds is 13. The number of carbonyl (C=O) groups excluding carboxylic acids is 3. The third-order valence-electron chi connectivity index (χ3n) is 9.12. The summed E-state index contributed by atoms with van der Waals surface area (Å²) in [6, 6.07) is 8.21. The minimum Gasteiger partial charge on any atom is -0.394 e. The summed E-state index contributed by atoms with van der Waals surface area (Å²) in [7, 11) is 1.72. The minimum absolute atomic E-state index is 0.161. The number of fused-ring (bicyclic) bond motifs is 1. The molecule has 6 atom stereocenters. The number of likely N-dealkylation sites (N-methyl/N-ethyl adjacent to an activating group) is 1. The quantitative estimate of drug-likeness (QED) is 0.380. The van der Waals surface area contributed by atoms with E-state index in [1.54, 1.807) is 33.9 Å². The molecule has 3 aliphatic rings. The SMILES string of the molecule is C=CCN(C)C(=O)[C@@H]1[C@H]2C(=O)N([C@@H](CO)CC(C)C)C(C(=O)N(CC=C)Cc3ccccc3)C23CC[C@@]1(CC)O3. The number of carbonyl (C=O) groups is 3. The number of aliphatic hydroxyl groups is 1. The van der Waals surface area contributed by atoms with Crippen molar-refractivity contribution < 1.29 is 24.2 Å². The van der Waals surface area contributed by atoms with Gasteiger partial charge in [0, 0.05) is 26.7 Å². The van der Waals surface area contributed by atoms with Crippen molar-refractivity contribution in [2.75, 3.05) is 26.7 Å². The van der Waals surface area contributed by atoms with Crippen molar-refractivity contribution in [1.29, 1.82) is 0 Å². The Morgan fingerprint density at radius 1 is 1.15 bits per heavy atom. The largest absolute Gasteiger partial charge is 0.394 e. The zero-order valence-electron chi connectivity index (χ0n) is 24.4. The van der Waals surface area contributed by atoms with E-state index in [-0.39, 0.29) is 30.2 Å². The van der Waals surface area contributed by atoms with Crippen LogP contribution in [-0.2, 0) is 25.7 Å². The summed E-state index contributed by atoms with van der Waals surface area (Å²) in [6.45, 7) is 14.4. The number of hydrogen-bond donors (Lipinski definition) is 1. The first-order valence-corrected chi connectivity index (χ1v) is 14.5. The second-order valence-electron chi connectivity index (χ2n) is 12.0. The van der Waals surface area contributed by atoms with Gasteiger partial charge in [-0.3, -0.25) is 14.4 Å². The number of nitrogens with zero attached hydrogens (tertiary/aromatic N) is 3. The van der Waals surface area contributed by atoms with Gasteiger partial charge in [0.25, 0.3) is 0 Å². The van der Waals surface area contributed by atoms with Gasteiger partial charge in [0.1, 0.15) is 11.6 Å². The van der Waals surface area contributed by atoms with Crippen LogP contribution >= 0.6 is 0 Å². The van der Waals surface area contributed by atoms with Gasteiger partial charge in [-0.25, -0.2) is 0 Å². The van der Waals surface area contributed by atoms with Crippen molar-refractivity contribution in [3.8, 4) is 0 Å². The molecule has 40 heavy (non-hydrogen) atoms. The maximum Gasteiger partial charge on any atom is 0.249 e. The maximum atomic E-state index is 14.6. The molecule has 3 heterocycles. The van der Waals surface area contributed by atoms with Crippen LogP contribution in [0.4, 0.5) is 0 Å². The smallest absolute Gasteiger partial charge is 0.249 e. The van der Waals surface area contributed by atoms with E-state index in [2.05, 4.69) is 13.2 Å². The van der Waals surface area contributed by atoms with Gasteiger partial charge in [-0.1, -0.05) is 63.3 Å². The third kappa shape index (κ3) is 4.90. The average Bonchev–Trinajstić information content (AvgIpc) is 3.55. The highest BCUT2D eigenvalue weighted by molar-refractivity contribution is 5.99. The molecule has 3 saturated heterocycles. The second-order valence-corrected chi connectivity index (χ2v) is 12.0. The highest BCUT2D eigenvalue weighted by Gasteiger charge is 2.79. The Labute approximate surface area is 238 Å². The molecule has 2 bridgehead atoms. The lowest BCUT2D eigenvalue weighted by atomic mass is 9.64. The second kappa shape index (κ2) is 11.9. The van der Waals surface area contributed by atoms with Gasteiger partial charge in [-0.05, 0) is 37.2 Å². The van der Waals surface area contributed by atoms with Gasteiger partial charge in [0.2, 0.25) is 17.7 Å². The zero-order chi connectivity index (χ0) is 29.2. The first-order chi connectivity index (χ1) is 19.1. The van der Waals surface area contributed by atoms with E-state index in [1.165, 1.54) is 0 Å². The summed E-state index contributed by atoms with van der Waals surface area (Å²) in [5, 5.41) is 10.5. The average molecular weight is 552 g/mol. The van der Waals surface area contributed by atoms with Gasteiger partial charge >= 0.3 is 0 Å². The molecule has 3 aliphatic heterocycles. The van der Waals surface area contributed by atoms with Crippen LogP contribution in [0.3, 0.4) is 0 Å². The molecule has 1 spiro atoms. The molecule has 3 amide bonds. The molecule has 0 aromatic heterocycles. The summed E-state index contributed by atoms with van der Waals surface area (Å²) in [4.78, 5) is 48.0. The Morgan fingerprint density at radius 3 is 2.40 bits per heavy atom. The van der Waals surface area contributed by atoms with Gasteiger partial charge in [-0.15, -0.1) is 13.2 Å².